The number of aromatic amines is 2. The van der Waals surface area contributed by atoms with Gasteiger partial charge in [0.1, 0.15) is 11.5 Å². The fraction of sp³-hybridized carbons (Fsp3) is 0.583. The zero-order chi connectivity index (χ0) is 14.7. The first kappa shape index (κ1) is 14.2. The van der Waals surface area contributed by atoms with Gasteiger partial charge in [-0.3, -0.25) is 19.6 Å². The summed E-state index contributed by atoms with van der Waals surface area (Å²) < 4.78 is 0. The molecule has 3 N–H and O–H groups in total. The van der Waals surface area contributed by atoms with E-state index < -0.39 is 17.2 Å². The number of anilines is 2. The zero-order valence-corrected chi connectivity index (χ0v) is 11.3. The highest BCUT2D eigenvalue weighted by molar-refractivity contribution is 5.70. The topological polar surface area (TPSA) is 110 Å². The van der Waals surface area contributed by atoms with E-state index in [2.05, 4.69) is 9.97 Å². The van der Waals surface area contributed by atoms with Gasteiger partial charge in [-0.05, 0) is 12.8 Å². The molecule has 0 aromatic carbocycles. The van der Waals surface area contributed by atoms with Gasteiger partial charge < -0.3 is 14.9 Å². The second kappa shape index (κ2) is 5.81. The van der Waals surface area contributed by atoms with Crippen molar-refractivity contribution < 1.29 is 9.90 Å². The Kier molecular flexibility index (Phi) is 4.11. The molecule has 0 unspecified atom stereocenters. The number of unbranched alkanes of at least 4 members (excludes halogenated alkanes) is 2. The second-order valence-corrected chi connectivity index (χ2v) is 4.91. The van der Waals surface area contributed by atoms with Crippen LogP contribution in [0.15, 0.2) is 9.59 Å². The van der Waals surface area contributed by atoms with E-state index in [0.29, 0.717) is 31.1 Å². The van der Waals surface area contributed by atoms with Gasteiger partial charge in [-0.2, -0.15) is 0 Å². The number of H-pyrrole nitrogens is 2. The Labute approximate surface area is 115 Å². The molecule has 2 heterocycles. The van der Waals surface area contributed by atoms with Crippen LogP contribution < -0.4 is 21.0 Å². The number of aliphatic carboxylic acids is 1. The summed E-state index contributed by atoms with van der Waals surface area (Å²) in [5.41, 5.74) is -0.423. The molecule has 20 heavy (non-hydrogen) atoms. The molecule has 0 bridgehead atoms. The van der Waals surface area contributed by atoms with Gasteiger partial charge in [0, 0.05) is 20.0 Å². The van der Waals surface area contributed by atoms with Crippen LogP contribution in [-0.4, -0.2) is 41.3 Å². The van der Waals surface area contributed by atoms with Gasteiger partial charge in [-0.15, -0.1) is 0 Å². The lowest BCUT2D eigenvalue weighted by Gasteiger charge is -2.17. The van der Waals surface area contributed by atoms with Crippen LogP contribution in [0.2, 0.25) is 0 Å². The largest absolute Gasteiger partial charge is 0.481 e. The number of hydrogen-bond acceptors (Lipinski definition) is 5. The molecule has 8 heteroatoms. The lowest BCUT2D eigenvalue weighted by Crippen LogP contribution is -2.31. The van der Waals surface area contributed by atoms with Gasteiger partial charge in [0.15, 0.2) is 0 Å². The lowest BCUT2D eigenvalue weighted by atomic mass is 10.2. The van der Waals surface area contributed by atoms with Crippen molar-refractivity contribution in [3.63, 3.8) is 0 Å². The van der Waals surface area contributed by atoms with E-state index >= 15 is 0 Å². The quantitative estimate of drug-likeness (QED) is 0.630. The van der Waals surface area contributed by atoms with Crippen molar-refractivity contribution >= 4 is 17.5 Å². The molecule has 0 saturated heterocycles. The highest BCUT2D eigenvalue weighted by Crippen LogP contribution is 2.27. The normalized spacial score (nSPS) is 13.7. The summed E-state index contributed by atoms with van der Waals surface area (Å²) in [5.74, 6) is -0.255. The SMILES string of the molecule is CN1CN(CCCCCC(=O)O)c2c1[nH]c(=O)[nH]c2=O. The lowest BCUT2D eigenvalue weighted by molar-refractivity contribution is -0.137. The molecule has 1 aliphatic rings. The van der Waals surface area contributed by atoms with Gasteiger partial charge in [-0.25, -0.2) is 4.79 Å². The van der Waals surface area contributed by atoms with Crippen molar-refractivity contribution in [2.24, 2.45) is 0 Å². The molecule has 0 amide bonds. The van der Waals surface area contributed by atoms with E-state index in [1.807, 2.05) is 9.80 Å². The fourth-order valence-corrected chi connectivity index (χ4v) is 2.37. The number of fused-ring (bicyclic) bond motifs is 1. The third kappa shape index (κ3) is 3.01. The van der Waals surface area contributed by atoms with Crippen molar-refractivity contribution in [1.82, 2.24) is 9.97 Å². The highest BCUT2D eigenvalue weighted by atomic mass is 16.4. The Balaban J connectivity index is 1.98. The maximum Gasteiger partial charge on any atom is 0.327 e. The fourth-order valence-electron chi connectivity index (χ4n) is 2.37. The van der Waals surface area contributed by atoms with E-state index in [1.54, 1.807) is 7.05 Å². The number of carboxylic acids is 1. The average Bonchev–Trinajstić information content (AvgIpc) is 2.65. The smallest absolute Gasteiger partial charge is 0.327 e. The van der Waals surface area contributed by atoms with Crippen LogP contribution in [0.4, 0.5) is 11.5 Å². The molecule has 1 aliphatic heterocycles. The number of nitrogens with zero attached hydrogens (tertiary/aromatic N) is 2. The summed E-state index contributed by atoms with van der Waals surface area (Å²) in [4.78, 5) is 42.1. The van der Waals surface area contributed by atoms with Crippen LogP contribution in [0.1, 0.15) is 25.7 Å². The van der Waals surface area contributed by atoms with Crippen LogP contribution in [0.5, 0.6) is 0 Å². The highest BCUT2D eigenvalue weighted by Gasteiger charge is 2.27. The molecule has 8 nitrogen and oxygen atoms in total. The maximum atomic E-state index is 11.8. The molecule has 0 fully saturated rings. The minimum absolute atomic E-state index is 0.171. The summed E-state index contributed by atoms with van der Waals surface area (Å²) >= 11 is 0. The van der Waals surface area contributed by atoms with E-state index in [0.717, 1.165) is 12.8 Å². The molecule has 0 aliphatic carbocycles. The third-order valence-corrected chi connectivity index (χ3v) is 3.30. The van der Waals surface area contributed by atoms with Crippen LogP contribution >= 0.6 is 0 Å². The maximum absolute atomic E-state index is 11.8. The van der Waals surface area contributed by atoms with E-state index in [4.69, 9.17) is 5.11 Å². The minimum atomic E-state index is -0.787. The molecule has 0 atom stereocenters. The minimum Gasteiger partial charge on any atom is -0.481 e. The molecule has 110 valence electrons. The van der Waals surface area contributed by atoms with Gasteiger partial charge in [0.25, 0.3) is 5.56 Å². The molecule has 0 spiro atoms. The molecule has 1 aromatic heterocycles. The number of rotatable bonds is 6. The summed E-state index contributed by atoms with van der Waals surface area (Å²) in [5, 5.41) is 8.56. The van der Waals surface area contributed by atoms with Gasteiger partial charge in [0.05, 0.1) is 6.67 Å². The average molecular weight is 282 g/mol. The van der Waals surface area contributed by atoms with Crippen molar-refractivity contribution in [2.45, 2.75) is 25.7 Å². The number of nitrogens with one attached hydrogen (secondary N) is 2. The van der Waals surface area contributed by atoms with Crippen LogP contribution in [0.3, 0.4) is 0 Å². The Morgan fingerprint density at radius 1 is 1.25 bits per heavy atom. The monoisotopic (exact) mass is 282 g/mol. The first-order valence-electron chi connectivity index (χ1n) is 6.53. The molecular weight excluding hydrogens is 264 g/mol. The first-order chi connectivity index (χ1) is 9.49. The van der Waals surface area contributed by atoms with Crippen LogP contribution in [0.25, 0.3) is 0 Å². The summed E-state index contributed by atoms with van der Waals surface area (Å²) in [6.07, 6.45) is 2.40. The summed E-state index contributed by atoms with van der Waals surface area (Å²) in [6, 6.07) is 0. The third-order valence-electron chi connectivity index (χ3n) is 3.30. The summed E-state index contributed by atoms with van der Waals surface area (Å²) in [6.45, 7) is 1.20. The number of carboxylic acid groups (broad SMARTS) is 1. The van der Waals surface area contributed by atoms with E-state index in [9.17, 15) is 14.4 Å². The van der Waals surface area contributed by atoms with Crippen LogP contribution in [0, 0.1) is 0 Å². The number of aromatic nitrogens is 2. The van der Waals surface area contributed by atoms with Crippen molar-refractivity contribution in [2.75, 3.05) is 30.1 Å². The molecule has 0 radical (unpaired) electrons. The molecule has 2 rings (SSSR count). The van der Waals surface area contributed by atoms with Gasteiger partial charge in [0.2, 0.25) is 0 Å². The molecule has 1 aromatic rings. The molecular formula is C12H18N4O4. The molecule has 0 saturated carbocycles. The van der Waals surface area contributed by atoms with Crippen molar-refractivity contribution in [3.8, 4) is 0 Å². The number of hydrogen-bond donors (Lipinski definition) is 3. The van der Waals surface area contributed by atoms with Gasteiger partial charge in [-0.1, -0.05) is 6.42 Å². The van der Waals surface area contributed by atoms with Gasteiger partial charge >= 0.3 is 11.7 Å². The Morgan fingerprint density at radius 3 is 2.70 bits per heavy atom. The number of carbonyl (C=O) groups is 1. The predicted octanol–water partition coefficient (Wildman–Crippen LogP) is -0.0781. The van der Waals surface area contributed by atoms with E-state index in [1.165, 1.54) is 0 Å². The first-order valence-corrected chi connectivity index (χ1v) is 6.53. The zero-order valence-electron chi connectivity index (χ0n) is 11.3. The second-order valence-electron chi connectivity index (χ2n) is 4.91. The van der Waals surface area contributed by atoms with Crippen molar-refractivity contribution in [1.29, 1.82) is 0 Å². The Bertz CT molecular complexity index is 606. The Morgan fingerprint density at radius 2 is 2.00 bits per heavy atom. The standard InChI is InChI=1S/C12H18N4O4/c1-15-7-16(6-4-2-3-5-8(17)18)9-10(15)13-12(20)14-11(9)19/h2-7H2,1H3,(H,17,18)(H2,13,14,19,20). The summed E-state index contributed by atoms with van der Waals surface area (Å²) in [7, 11) is 1.80. The van der Waals surface area contributed by atoms with Crippen LogP contribution in [-0.2, 0) is 4.79 Å². The predicted molar refractivity (Wildman–Crippen MR) is 74.4 cm³/mol. The Hall–Kier alpha value is -2.25. The van der Waals surface area contributed by atoms with Crippen molar-refractivity contribution in [3.05, 3.63) is 20.8 Å². The van der Waals surface area contributed by atoms with E-state index in [-0.39, 0.29) is 6.42 Å².